The molecule has 0 aromatic heterocycles. The average Bonchev–Trinajstić information content (AvgIpc) is 2.69. The predicted molar refractivity (Wildman–Crippen MR) is 145 cm³/mol. The van der Waals surface area contributed by atoms with Crippen LogP contribution in [0.4, 0.5) is 0 Å². The molecule has 0 N–H and O–H groups in total. The van der Waals surface area contributed by atoms with Crippen molar-refractivity contribution in [3.05, 3.63) is 48.0 Å². The van der Waals surface area contributed by atoms with Crippen LogP contribution in [0.1, 0.15) is 32.8 Å². The molecule has 1 heterocycles. The van der Waals surface area contributed by atoms with Gasteiger partial charge in [0.15, 0.2) is 7.83 Å². The first-order valence-electron chi connectivity index (χ1n) is 11.8. The Hall–Kier alpha value is -0.782. The van der Waals surface area contributed by atoms with Gasteiger partial charge in [-0.1, -0.05) is 83.1 Å². The molecule has 3 unspecified atom stereocenters. The second kappa shape index (κ2) is 9.11. The molecule has 0 saturated carbocycles. The lowest BCUT2D eigenvalue weighted by molar-refractivity contribution is -0.197. The molecule has 1 aliphatic heterocycles. The largest absolute Gasteiger partial charge is 0.433 e. The number of hydrogen-bond acceptors (Lipinski definition) is 4. The third-order valence-electron chi connectivity index (χ3n) is 8.98. The molecule has 3 atom stereocenters. The van der Waals surface area contributed by atoms with Gasteiger partial charge in [0.2, 0.25) is 6.29 Å². The summed E-state index contributed by atoms with van der Waals surface area (Å²) in [6.07, 6.45) is -0.0694. The molecular formula is C24H44O4Si4. The van der Waals surface area contributed by atoms with Gasteiger partial charge in [-0.2, -0.15) is 0 Å². The number of carbonyl (C=O) groups excluding carboxylic acids is 1. The minimum atomic E-state index is -2.05. The summed E-state index contributed by atoms with van der Waals surface area (Å²) in [6, 6.07) is 10.7. The summed E-state index contributed by atoms with van der Waals surface area (Å²) in [4.78, 5) is 12.2. The second-order valence-electron chi connectivity index (χ2n) is 11.4. The lowest BCUT2D eigenvalue weighted by atomic mass is 10.0. The van der Waals surface area contributed by atoms with Crippen LogP contribution in [0.2, 0.25) is 52.4 Å². The van der Waals surface area contributed by atoms with Gasteiger partial charge >= 0.3 is 5.97 Å². The fourth-order valence-corrected chi connectivity index (χ4v) is 75.7. The molecule has 4 nitrogen and oxygen atoms in total. The van der Waals surface area contributed by atoms with Gasteiger partial charge < -0.3 is 13.9 Å². The number of benzene rings is 1. The molecule has 1 aliphatic rings. The van der Waals surface area contributed by atoms with Crippen molar-refractivity contribution in [3.63, 3.8) is 0 Å². The van der Waals surface area contributed by atoms with Gasteiger partial charge in [-0.3, -0.25) is 0 Å². The van der Waals surface area contributed by atoms with E-state index in [4.69, 9.17) is 13.9 Å². The van der Waals surface area contributed by atoms with Crippen molar-refractivity contribution in [1.29, 1.82) is 0 Å². The van der Waals surface area contributed by atoms with Gasteiger partial charge in [-0.15, -0.1) is 0 Å². The Morgan fingerprint density at radius 2 is 1.56 bits per heavy atom. The molecule has 0 bridgehead atoms. The maximum Gasteiger partial charge on any atom is 0.335 e. The van der Waals surface area contributed by atoms with Crippen LogP contribution >= 0.6 is 0 Å². The topological polar surface area (TPSA) is 44.8 Å². The monoisotopic (exact) mass is 508 g/mol. The van der Waals surface area contributed by atoms with E-state index in [1.807, 2.05) is 6.92 Å². The number of ether oxygens (including phenoxy) is 2. The minimum Gasteiger partial charge on any atom is -0.433 e. The maximum absolute atomic E-state index is 12.2. The fraction of sp³-hybridized carbons (Fsp3) is 0.625. The first kappa shape index (κ1) is 27.5. The summed E-state index contributed by atoms with van der Waals surface area (Å²) in [5.41, 5.74) is 1.61. The smallest absolute Gasteiger partial charge is 0.335 e. The molecule has 2 rings (SSSR count). The highest BCUT2D eigenvalue weighted by molar-refractivity contribution is 7.83. The van der Waals surface area contributed by atoms with E-state index in [0.29, 0.717) is 5.57 Å². The summed E-state index contributed by atoms with van der Waals surface area (Å²) in [5, 5.41) is -0.471. The SMILES string of the molecule is C=C(C)C(=O)OC(C)OC(CC)C1(c2ccccc2)O[Si](C)(C)[Si](C)(C)[Si](C)(C)[Si]1(C)C. The highest BCUT2D eigenvalue weighted by Crippen LogP contribution is 2.55. The van der Waals surface area contributed by atoms with Crippen LogP contribution in [0.3, 0.4) is 0 Å². The molecule has 0 aliphatic carbocycles. The van der Waals surface area contributed by atoms with Crippen LogP contribution in [0.15, 0.2) is 42.5 Å². The van der Waals surface area contributed by atoms with Gasteiger partial charge in [-0.25, -0.2) is 4.79 Å². The number of carbonyl (C=O) groups is 1. The normalized spacial score (nSPS) is 27.2. The lowest BCUT2D eigenvalue weighted by Crippen LogP contribution is -2.91. The van der Waals surface area contributed by atoms with Crippen molar-refractivity contribution in [2.45, 2.75) is 97.2 Å². The predicted octanol–water partition coefficient (Wildman–Crippen LogP) is 6.28. The molecule has 1 saturated heterocycles. The van der Waals surface area contributed by atoms with E-state index in [2.05, 4.69) is 96.2 Å². The minimum absolute atomic E-state index is 0.192. The molecule has 180 valence electrons. The van der Waals surface area contributed by atoms with Crippen molar-refractivity contribution >= 4 is 35.6 Å². The number of rotatable bonds is 7. The first-order chi connectivity index (χ1) is 14.5. The van der Waals surface area contributed by atoms with Crippen LogP contribution in [0.25, 0.3) is 0 Å². The lowest BCUT2D eigenvalue weighted by Gasteiger charge is -2.69. The van der Waals surface area contributed by atoms with Crippen molar-refractivity contribution in [3.8, 4) is 0 Å². The van der Waals surface area contributed by atoms with Gasteiger partial charge in [0.25, 0.3) is 0 Å². The Kier molecular flexibility index (Phi) is 7.82. The summed E-state index contributed by atoms with van der Waals surface area (Å²) < 4.78 is 19.7. The second-order valence-corrected chi connectivity index (χ2v) is 50.5. The number of esters is 1. The molecule has 8 heteroatoms. The van der Waals surface area contributed by atoms with E-state index < -0.39 is 47.1 Å². The Bertz CT molecular complexity index is 851. The Morgan fingerprint density at radius 3 is 2.03 bits per heavy atom. The number of hydrogen-bond donors (Lipinski definition) is 0. The summed E-state index contributed by atoms with van der Waals surface area (Å²) >= 11 is 0. The van der Waals surface area contributed by atoms with Crippen LogP contribution < -0.4 is 0 Å². The Balaban J connectivity index is 2.72. The van der Waals surface area contributed by atoms with Crippen molar-refractivity contribution < 1.29 is 18.7 Å². The molecule has 0 radical (unpaired) electrons. The van der Waals surface area contributed by atoms with E-state index in [1.54, 1.807) is 6.92 Å². The molecule has 1 aromatic rings. The van der Waals surface area contributed by atoms with E-state index in [1.165, 1.54) is 5.56 Å². The van der Waals surface area contributed by atoms with Crippen molar-refractivity contribution in [2.24, 2.45) is 0 Å². The first-order valence-corrected chi connectivity index (χ1v) is 26.7. The Morgan fingerprint density at radius 1 is 1.03 bits per heavy atom. The molecule has 1 aromatic carbocycles. The van der Waals surface area contributed by atoms with Crippen molar-refractivity contribution in [1.82, 2.24) is 0 Å². The van der Waals surface area contributed by atoms with Gasteiger partial charge in [0.1, 0.15) is 0 Å². The third kappa shape index (κ3) is 4.11. The van der Waals surface area contributed by atoms with Crippen LogP contribution in [-0.2, 0) is 23.9 Å². The van der Waals surface area contributed by atoms with Gasteiger partial charge in [0.05, 0.1) is 26.0 Å². The van der Waals surface area contributed by atoms with Crippen LogP contribution in [0, 0.1) is 0 Å². The maximum atomic E-state index is 12.2. The van der Waals surface area contributed by atoms with Crippen molar-refractivity contribution in [2.75, 3.05) is 0 Å². The summed E-state index contributed by atoms with van der Waals surface area (Å²) in [7, 11) is -7.30. The zero-order chi connectivity index (χ0) is 24.8. The van der Waals surface area contributed by atoms with E-state index in [9.17, 15) is 4.79 Å². The molecule has 0 spiro atoms. The third-order valence-corrected chi connectivity index (χ3v) is 75.6. The van der Waals surface area contributed by atoms with Crippen LogP contribution in [-0.4, -0.2) is 48.0 Å². The summed E-state index contributed by atoms with van der Waals surface area (Å²) in [5.74, 6) is -0.417. The molecule has 32 heavy (non-hydrogen) atoms. The average molecular weight is 509 g/mol. The van der Waals surface area contributed by atoms with Crippen LogP contribution in [0.5, 0.6) is 0 Å². The molecular weight excluding hydrogens is 465 g/mol. The quantitative estimate of drug-likeness (QED) is 0.188. The Labute approximate surface area is 199 Å². The van der Waals surface area contributed by atoms with E-state index in [0.717, 1.165) is 6.42 Å². The zero-order valence-electron chi connectivity index (χ0n) is 22.1. The molecule has 1 fully saturated rings. The zero-order valence-corrected chi connectivity index (χ0v) is 26.1. The van der Waals surface area contributed by atoms with E-state index >= 15 is 0 Å². The highest BCUT2D eigenvalue weighted by Gasteiger charge is 2.74. The van der Waals surface area contributed by atoms with Gasteiger partial charge in [0, 0.05) is 12.7 Å². The summed E-state index contributed by atoms with van der Waals surface area (Å²) in [6.45, 7) is 29.8. The fourth-order valence-electron chi connectivity index (χ4n) is 5.41. The molecule has 0 amide bonds. The van der Waals surface area contributed by atoms with Gasteiger partial charge in [-0.05, 0) is 38.9 Å². The standard InChI is InChI=1S/C24H44O4Si4/c1-13-22(26-20(4)27-23(25)19(2)3)24(21-17-15-14-16-18-21)28-30(7,8)32(11,12)31(9,10)29(24,5)6/h14-18,20,22H,2,13H2,1,3-12H3. The van der Waals surface area contributed by atoms with E-state index in [-0.39, 0.29) is 6.10 Å². The highest BCUT2D eigenvalue weighted by atomic mass is 29.8.